The van der Waals surface area contributed by atoms with Gasteiger partial charge in [0.15, 0.2) is 5.75 Å². The lowest BCUT2D eigenvalue weighted by molar-refractivity contribution is 0.0733. The molecule has 0 aliphatic heterocycles. The molecular formula is C32H46O5. The second kappa shape index (κ2) is 19.3. The number of carbonyl (C=O) groups excluding carboxylic acids is 1. The highest BCUT2D eigenvalue weighted by molar-refractivity contribution is 5.91. The minimum absolute atomic E-state index is 0.0212. The Bertz CT molecular complexity index is 938. The van der Waals surface area contributed by atoms with Crippen molar-refractivity contribution < 1.29 is 19.0 Å². The minimum atomic E-state index is -0.577. The Morgan fingerprint density at radius 1 is 0.568 bits per heavy atom. The molecule has 0 amide bonds. The van der Waals surface area contributed by atoms with Crippen molar-refractivity contribution in [2.45, 2.75) is 104 Å². The number of benzene rings is 1. The van der Waals surface area contributed by atoms with Gasteiger partial charge in [0, 0.05) is 0 Å². The Hall–Kier alpha value is -2.82. The summed E-state index contributed by atoms with van der Waals surface area (Å²) in [5, 5.41) is 0. The molecule has 0 heterocycles. The molecule has 0 aliphatic carbocycles. The summed E-state index contributed by atoms with van der Waals surface area (Å²) in [5.74, 6) is 0.710. The molecule has 204 valence electrons. The molecule has 37 heavy (non-hydrogen) atoms. The molecular weight excluding hydrogens is 464 g/mol. The minimum Gasteiger partial charge on any atom is -0.494 e. The number of esters is 1. The average molecular weight is 511 g/mol. The first kappa shape index (κ1) is 30.4. The number of unbranched alkanes of at least 4 members (excludes halogenated alkanes) is 12. The lowest BCUT2D eigenvalue weighted by Gasteiger charge is -2.07. The highest BCUT2D eigenvalue weighted by atomic mass is 16.5. The lowest BCUT2D eigenvalue weighted by Crippen LogP contribution is -2.13. The van der Waals surface area contributed by atoms with E-state index in [9.17, 15) is 9.59 Å². The molecule has 0 saturated heterocycles. The highest BCUT2D eigenvalue weighted by Gasteiger charge is 2.11. The number of ether oxygens (including phenoxy) is 3. The van der Waals surface area contributed by atoms with Gasteiger partial charge in [-0.25, -0.2) is 4.79 Å². The summed E-state index contributed by atoms with van der Waals surface area (Å²) in [6.07, 6.45) is 17.3. The normalized spacial score (nSPS) is 10.8. The summed E-state index contributed by atoms with van der Waals surface area (Å²) in [4.78, 5) is 24.9. The average Bonchev–Trinajstić information content (AvgIpc) is 3.08. The van der Waals surface area contributed by atoms with E-state index < -0.39 is 5.97 Å². The maximum Gasteiger partial charge on any atom is 0.343 e. The molecule has 0 unspecified atom stereocenters. The van der Waals surface area contributed by atoms with Gasteiger partial charge >= 0.3 is 5.97 Å². The monoisotopic (exact) mass is 510 g/mol. The number of rotatable bonds is 20. The van der Waals surface area contributed by atoms with E-state index in [1.807, 2.05) is 0 Å². The first-order valence-electron chi connectivity index (χ1n) is 14.4. The zero-order valence-corrected chi connectivity index (χ0v) is 23.0. The zero-order chi connectivity index (χ0) is 26.6. The van der Waals surface area contributed by atoms with Crippen LogP contribution in [0.5, 0.6) is 17.2 Å². The Kier molecular flexibility index (Phi) is 15.9. The first-order chi connectivity index (χ1) is 18.1. The molecule has 0 bridgehead atoms. The van der Waals surface area contributed by atoms with Crippen LogP contribution >= 0.6 is 0 Å². The van der Waals surface area contributed by atoms with E-state index in [0.717, 1.165) is 25.0 Å². The van der Waals surface area contributed by atoms with Gasteiger partial charge in [0.05, 0.1) is 18.8 Å². The second-order valence-corrected chi connectivity index (χ2v) is 9.65. The van der Waals surface area contributed by atoms with Gasteiger partial charge in [-0.3, -0.25) is 4.79 Å². The molecule has 0 atom stereocenters. The largest absolute Gasteiger partial charge is 0.494 e. The van der Waals surface area contributed by atoms with Gasteiger partial charge in [-0.15, -0.1) is 0 Å². The number of hydrogen-bond donors (Lipinski definition) is 0. The quantitative estimate of drug-likeness (QED) is 0.132. The predicted octanol–water partition coefficient (Wildman–Crippen LogP) is 8.52. The number of carbonyl (C=O) groups is 1. The van der Waals surface area contributed by atoms with E-state index in [2.05, 4.69) is 13.8 Å². The van der Waals surface area contributed by atoms with Gasteiger partial charge in [0.25, 0.3) is 0 Å². The molecule has 2 aromatic carbocycles. The smallest absolute Gasteiger partial charge is 0.343 e. The van der Waals surface area contributed by atoms with Crippen LogP contribution in [0.25, 0.3) is 0 Å². The SMILES string of the molecule is CCCCCCCCCCCCOc1ccc(C(=O)Oc2ccc(OCCCCCC)ccc2=O)cc1. The van der Waals surface area contributed by atoms with Gasteiger partial charge < -0.3 is 14.2 Å². The topological polar surface area (TPSA) is 61.8 Å². The lowest BCUT2D eigenvalue weighted by atomic mass is 10.1. The van der Waals surface area contributed by atoms with Crippen LogP contribution < -0.4 is 19.6 Å². The van der Waals surface area contributed by atoms with Gasteiger partial charge in [-0.1, -0.05) is 90.9 Å². The molecule has 0 N–H and O–H groups in total. The standard InChI is InChI=1S/C32H46O5/c1-3-5-7-9-10-11-12-13-14-16-26-35-28-19-17-27(18-20-28)32(34)37-31-24-22-29(21-23-30(31)33)36-25-15-8-6-4-2/h17-24H,3-16,25-26H2,1-2H3. The van der Waals surface area contributed by atoms with Crippen LogP contribution in [0.15, 0.2) is 53.3 Å². The summed E-state index contributed by atoms with van der Waals surface area (Å²) in [6.45, 7) is 5.69. The zero-order valence-electron chi connectivity index (χ0n) is 23.0. The Morgan fingerprint density at radius 2 is 1.00 bits per heavy atom. The van der Waals surface area contributed by atoms with Crippen LogP contribution in [0, 0.1) is 0 Å². The van der Waals surface area contributed by atoms with Crippen LogP contribution in [0.1, 0.15) is 114 Å². The third-order valence-corrected chi connectivity index (χ3v) is 6.37. The summed E-state index contributed by atoms with van der Waals surface area (Å²) < 4.78 is 16.9. The van der Waals surface area contributed by atoms with Crippen LogP contribution in [-0.2, 0) is 0 Å². The van der Waals surface area contributed by atoms with Crippen molar-refractivity contribution in [2.75, 3.05) is 13.2 Å². The number of hydrogen-bond acceptors (Lipinski definition) is 5. The second-order valence-electron chi connectivity index (χ2n) is 9.65. The Morgan fingerprint density at radius 3 is 1.54 bits per heavy atom. The summed E-state index contributed by atoms with van der Waals surface area (Å²) in [7, 11) is 0. The Balaban J connectivity index is 1.69. The molecule has 0 saturated carbocycles. The van der Waals surface area contributed by atoms with Crippen molar-refractivity contribution in [3.05, 3.63) is 64.3 Å². The molecule has 0 spiro atoms. The third kappa shape index (κ3) is 13.3. The van der Waals surface area contributed by atoms with E-state index in [0.29, 0.717) is 24.5 Å². The molecule has 5 heteroatoms. The molecule has 2 rings (SSSR count). The van der Waals surface area contributed by atoms with Crippen molar-refractivity contribution >= 4 is 5.97 Å². The molecule has 0 fully saturated rings. The van der Waals surface area contributed by atoms with Gasteiger partial charge in [-0.2, -0.15) is 0 Å². The fourth-order valence-corrected chi connectivity index (χ4v) is 4.06. The van der Waals surface area contributed by atoms with Crippen LogP contribution in [0.3, 0.4) is 0 Å². The van der Waals surface area contributed by atoms with E-state index in [4.69, 9.17) is 14.2 Å². The first-order valence-corrected chi connectivity index (χ1v) is 14.4. The highest BCUT2D eigenvalue weighted by Crippen LogP contribution is 2.17. The van der Waals surface area contributed by atoms with Crippen molar-refractivity contribution in [1.82, 2.24) is 0 Å². The van der Waals surface area contributed by atoms with Crippen molar-refractivity contribution in [1.29, 1.82) is 0 Å². The van der Waals surface area contributed by atoms with Gasteiger partial charge in [0.1, 0.15) is 11.5 Å². The molecule has 5 nitrogen and oxygen atoms in total. The molecule has 0 aliphatic rings. The van der Waals surface area contributed by atoms with E-state index in [1.165, 1.54) is 82.8 Å². The fourth-order valence-electron chi connectivity index (χ4n) is 4.06. The van der Waals surface area contributed by atoms with Gasteiger partial charge in [0.2, 0.25) is 5.43 Å². The Labute approximate surface area is 223 Å². The molecule has 0 aromatic heterocycles. The maximum atomic E-state index is 12.6. The summed E-state index contributed by atoms with van der Waals surface area (Å²) in [6, 6.07) is 13.0. The van der Waals surface area contributed by atoms with Gasteiger partial charge in [-0.05, 0) is 61.4 Å². The summed E-state index contributed by atoms with van der Waals surface area (Å²) in [5.41, 5.74) is -0.00443. The molecule has 2 aromatic rings. The van der Waals surface area contributed by atoms with Crippen molar-refractivity contribution in [3.8, 4) is 17.2 Å². The van der Waals surface area contributed by atoms with Crippen molar-refractivity contribution in [2.24, 2.45) is 0 Å². The third-order valence-electron chi connectivity index (χ3n) is 6.37. The van der Waals surface area contributed by atoms with Crippen molar-refractivity contribution in [3.63, 3.8) is 0 Å². The summed E-state index contributed by atoms with van der Waals surface area (Å²) >= 11 is 0. The predicted molar refractivity (Wildman–Crippen MR) is 151 cm³/mol. The van der Waals surface area contributed by atoms with Crippen LogP contribution in [0.4, 0.5) is 0 Å². The fraction of sp³-hybridized carbons (Fsp3) is 0.562. The van der Waals surface area contributed by atoms with E-state index in [-0.39, 0.29) is 11.2 Å². The molecule has 0 radical (unpaired) electrons. The maximum absolute atomic E-state index is 12.6. The van der Waals surface area contributed by atoms with E-state index in [1.54, 1.807) is 36.4 Å². The van der Waals surface area contributed by atoms with Crippen LogP contribution in [0.2, 0.25) is 0 Å². The van der Waals surface area contributed by atoms with E-state index >= 15 is 0 Å². The van der Waals surface area contributed by atoms with Crippen LogP contribution in [-0.4, -0.2) is 19.2 Å².